The first-order valence-electron chi connectivity index (χ1n) is 6.01. The molecule has 4 nitrogen and oxygen atoms in total. The molecule has 4 heteroatoms. The van der Waals surface area contributed by atoms with E-state index in [9.17, 15) is 0 Å². The van der Waals surface area contributed by atoms with Gasteiger partial charge in [0.2, 0.25) is 0 Å². The monoisotopic (exact) mass is 241 g/mol. The zero-order valence-corrected chi connectivity index (χ0v) is 9.97. The second-order valence-corrected chi connectivity index (χ2v) is 4.32. The molecule has 1 aliphatic heterocycles. The van der Waals surface area contributed by atoms with E-state index >= 15 is 0 Å². The number of nitrogens with two attached hydrogens (primary N) is 1. The third-order valence-electron chi connectivity index (χ3n) is 3.20. The van der Waals surface area contributed by atoms with E-state index in [2.05, 4.69) is 16.5 Å². The van der Waals surface area contributed by atoms with Gasteiger partial charge in [-0.25, -0.2) is 5.43 Å². The lowest BCUT2D eigenvalue weighted by Crippen LogP contribution is -2.29. The van der Waals surface area contributed by atoms with Crippen LogP contribution in [-0.4, -0.2) is 11.6 Å². The fourth-order valence-corrected chi connectivity index (χ4v) is 2.29. The number of hydrogen-bond donors (Lipinski definition) is 2. The van der Waals surface area contributed by atoms with Crippen molar-refractivity contribution in [3.63, 3.8) is 0 Å². The van der Waals surface area contributed by atoms with Crippen molar-refractivity contribution >= 4 is 0 Å². The quantitative estimate of drug-likeness (QED) is 0.632. The van der Waals surface area contributed by atoms with Gasteiger partial charge >= 0.3 is 0 Å². The molecule has 18 heavy (non-hydrogen) atoms. The van der Waals surface area contributed by atoms with Crippen LogP contribution in [0.25, 0.3) is 0 Å². The number of nitrogens with zero attached hydrogens (tertiary/aromatic N) is 1. The molecule has 92 valence electrons. The van der Waals surface area contributed by atoms with Crippen LogP contribution in [0.5, 0.6) is 5.75 Å². The Hall–Kier alpha value is -1.91. The minimum absolute atomic E-state index is 0.0860. The van der Waals surface area contributed by atoms with Crippen molar-refractivity contribution in [2.24, 2.45) is 5.84 Å². The van der Waals surface area contributed by atoms with Gasteiger partial charge in [0.25, 0.3) is 0 Å². The molecule has 1 unspecified atom stereocenters. The number of benzene rings is 1. The maximum Gasteiger partial charge on any atom is 0.122 e. The van der Waals surface area contributed by atoms with Gasteiger partial charge in [0, 0.05) is 12.6 Å². The Morgan fingerprint density at radius 3 is 3.00 bits per heavy atom. The van der Waals surface area contributed by atoms with E-state index in [4.69, 9.17) is 10.6 Å². The molecule has 0 aliphatic carbocycles. The summed E-state index contributed by atoms with van der Waals surface area (Å²) < 4.78 is 5.51. The Labute approximate surface area is 106 Å². The molecule has 2 aromatic rings. The van der Waals surface area contributed by atoms with Crippen LogP contribution in [0.3, 0.4) is 0 Å². The predicted molar refractivity (Wildman–Crippen MR) is 69.0 cm³/mol. The predicted octanol–water partition coefficient (Wildman–Crippen LogP) is 1.57. The van der Waals surface area contributed by atoms with Crippen LogP contribution in [0.2, 0.25) is 0 Å². The van der Waals surface area contributed by atoms with E-state index in [0.29, 0.717) is 0 Å². The first kappa shape index (κ1) is 11.2. The van der Waals surface area contributed by atoms with Gasteiger partial charge < -0.3 is 4.74 Å². The summed E-state index contributed by atoms with van der Waals surface area (Å²) in [6.45, 7) is 0.767. The molecule has 3 rings (SSSR count). The first-order chi connectivity index (χ1) is 8.88. The summed E-state index contributed by atoms with van der Waals surface area (Å²) in [5, 5.41) is 0. The second-order valence-electron chi connectivity index (χ2n) is 4.32. The Morgan fingerprint density at radius 1 is 1.28 bits per heavy atom. The third kappa shape index (κ3) is 1.96. The summed E-state index contributed by atoms with van der Waals surface area (Å²) in [5.41, 5.74) is 6.09. The maximum atomic E-state index is 5.66. The van der Waals surface area contributed by atoms with Crippen molar-refractivity contribution in [3.8, 4) is 5.75 Å². The second kappa shape index (κ2) is 4.76. The van der Waals surface area contributed by atoms with E-state index in [-0.39, 0.29) is 6.04 Å². The van der Waals surface area contributed by atoms with Gasteiger partial charge in [0.1, 0.15) is 5.75 Å². The molecular weight excluding hydrogens is 226 g/mol. The highest BCUT2D eigenvalue weighted by atomic mass is 16.5. The van der Waals surface area contributed by atoms with E-state index in [1.54, 1.807) is 6.20 Å². The smallest absolute Gasteiger partial charge is 0.122 e. The molecule has 1 atom stereocenters. The highest BCUT2D eigenvalue weighted by Crippen LogP contribution is 2.29. The lowest BCUT2D eigenvalue weighted by atomic mass is 10.0. The molecule has 1 aliphatic rings. The fourth-order valence-electron chi connectivity index (χ4n) is 2.29. The molecular formula is C14H15N3O. The van der Waals surface area contributed by atoms with Gasteiger partial charge in [0.15, 0.2) is 0 Å². The number of hydrazine groups is 1. The van der Waals surface area contributed by atoms with Gasteiger partial charge in [0.05, 0.1) is 18.3 Å². The average molecular weight is 241 g/mol. The van der Waals surface area contributed by atoms with Crippen molar-refractivity contribution in [1.82, 2.24) is 10.4 Å². The first-order valence-corrected chi connectivity index (χ1v) is 6.01. The van der Waals surface area contributed by atoms with Gasteiger partial charge in [-0.15, -0.1) is 0 Å². The summed E-state index contributed by atoms with van der Waals surface area (Å²) in [6.07, 6.45) is 2.73. The maximum absolute atomic E-state index is 5.66. The molecule has 3 N–H and O–H groups in total. The van der Waals surface area contributed by atoms with Crippen molar-refractivity contribution < 1.29 is 4.74 Å². The molecule has 0 fully saturated rings. The zero-order chi connectivity index (χ0) is 12.4. The lowest BCUT2D eigenvalue weighted by Gasteiger charge is -2.16. The van der Waals surface area contributed by atoms with Gasteiger partial charge in [-0.2, -0.15) is 0 Å². The summed E-state index contributed by atoms with van der Waals surface area (Å²) in [4.78, 5) is 4.35. The number of hydrogen-bond acceptors (Lipinski definition) is 4. The van der Waals surface area contributed by atoms with Crippen molar-refractivity contribution in [2.75, 3.05) is 6.61 Å². The Balaban J connectivity index is 1.97. The number of rotatable bonds is 3. The Morgan fingerprint density at radius 2 is 2.22 bits per heavy atom. The van der Waals surface area contributed by atoms with E-state index in [0.717, 1.165) is 30.0 Å². The highest BCUT2D eigenvalue weighted by molar-refractivity contribution is 5.42. The Bertz CT molecular complexity index is 542. The van der Waals surface area contributed by atoms with Crippen molar-refractivity contribution in [2.45, 2.75) is 12.5 Å². The third-order valence-corrected chi connectivity index (χ3v) is 3.20. The normalized spacial score (nSPS) is 14.9. The molecule has 0 saturated carbocycles. The molecule has 0 bridgehead atoms. The minimum atomic E-state index is -0.0860. The van der Waals surface area contributed by atoms with Gasteiger partial charge in [-0.05, 0) is 35.4 Å². The van der Waals surface area contributed by atoms with Crippen LogP contribution in [0.1, 0.15) is 22.9 Å². The van der Waals surface area contributed by atoms with Crippen LogP contribution < -0.4 is 16.0 Å². The Kier molecular flexibility index (Phi) is 2.96. The van der Waals surface area contributed by atoms with Gasteiger partial charge in [-0.3, -0.25) is 10.8 Å². The lowest BCUT2D eigenvalue weighted by molar-refractivity contribution is 0.357. The van der Waals surface area contributed by atoms with E-state index in [1.807, 2.05) is 30.3 Å². The molecule has 0 radical (unpaired) electrons. The van der Waals surface area contributed by atoms with Crippen LogP contribution in [-0.2, 0) is 6.42 Å². The number of nitrogens with one attached hydrogen (secondary N) is 1. The van der Waals surface area contributed by atoms with Crippen LogP contribution in [0, 0.1) is 0 Å². The summed E-state index contributed by atoms with van der Waals surface area (Å²) >= 11 is 0. The zero-order valence-electron chi connectivity index (χ0n) is 9.97. The molecule has 1 aromatic carbocycles. The molecule has 0 saturated heterocycles. The van der Waals surface area contributed by atoms with Crippen LogP contribution in [0.15, 0.2) is 42.6 Å². The highest BCUT2D eigenvalue weighted by Gasteiger charge is 2.18. The van der Waals surface area contributed by atoms with E-state index < -0.39 is 0 Å². The number of fused-ring (bicyclic) bond motifs is 1. The van der Waals surface area contributed by atoms with Gasteiger partial charge in [-0.1, -0.05) is 12.1 Å². The largest absolute Gasteiger partial charge is 0.493 e. The fraction of sp³-hybridized carbons (Fsp3) is 0.214. The molecule has 0 amide bonds. The topological polar surface area (TPSA) is 60.2 Å². The van der Waals surface area contributed by atoms with Crippen molar-refractivity contribution in [3.05, 3.63) is 59.4 Å². The summed E-state index contributed by atoms with van der Waals surface area (Å²) in [7, 11) is 0. The minimum Gasteiger partial charge on any atom is -0.493 e. The standard InChI is InChI=1S/C14H15N3O/c15-17-14(12-3-1-2-7-16-12)11-4-5-13-10(9-11)6-8-18-13/h1-5,7,9,14,17H,6,8,15H2. The van der Waals surface area contributed by atoms with Crippen molar-refractivity contribution in [1.29, 1.82) is 0 Å². The number of pyridine rings is 1. The summed E-state index contributed by atoms with van der Waals surface area (Å²) in [6, 6.07) is 11.9. The van der Waals surface area contributed by atoms with Crippen LogP contribution >= 0.6 is 0 Å². The SMILES string of the molecule is NNC(c1ccc2c(c1)CCO2)c1ccccn1. The van der Waals surface area contributed by atoms with E-state index in [1.165, 1.54) is 5.56 Å². The number of ether oxygens (including phenoxy) is 1. The summed E-state index contributed by atoms with van der Waals surface area (Å²) in [5.74, 6) is 6.64. The number of aromatic nitrogens is 1. The molecule has 1 aromatic heterocycles. The van der Waals surface area contributed by atoms with Crippen LogP contribution in [0.4, 0.5) is 0 Å². The average Bonchev–Trinajstić information content (AvgIpc) is 2.88. The molecule has 0 spiro atoms. The molecule has 2 heterocycles.